The average molecular weight is 483 g/mol. The molecule has 3 aromatic carbocycles. The maximum absolute atomic E-state index is 13.0. The molecule has 10 heteroatoms. The summed E-state index contributed by atoms with van der Waals surface area (Å²) in [6.45, 7) is -0.0270. The van der Waals surface area contributed by atoms with Crippen LogP contribution in [0.15, 0.2) is 72.8 Å². The number of anilines is 3. The largest absolute Gasteiger partial charge is 0.482 e. The van der Waals surface area contributed by atoms with E-state index >= 15 is 0 Å². The minimum Gasteiger partial charge on any atom is -0.482 e. The molecule has 0 aliphatic carbocycles. The highest BCUT2D eigenvalue weighted by molar-refractivity contribution is 6.10. The van der Waals surface area contributed by atoms with Crippen molar-refractivity contribution in [1.29, 1.82) is 0 Å². The van der Waals surface area contributed by atoms with Crippen molar-refractivity contribution < 1.29 is 32.3 Å². The lowest BCUT2D eigenvalue weighted by Crippen LogP contribution is -2.40. The second-order valence-electron chi connectivity index (χ2n) is 7.68. The van der Waals surface area contributed by atoms with Crippen LogP contribution in [0.2, 0.25) is 0 Å². The highest BCUT2D eigenvalue weighted by atomic mass is 19.4. The fourth-order valence-corrected chi connectivity index (χ4v) is 3.59. The Morgan fingerprint density at radius 3 is 2.49 bits per heavy atom. The first-order valence-electron chi connectivity index (χ1n) is 10.6. The lowest BCUT2D eigenvalue weighted by Gasteiger charge is -2.29. The molecular weight excluding hydrogens is 463 g/mol. The molecule has 0 fully saturated rings. The Kier molecular flexibility index (Phi) is 6.72. The van der Waals surface area contributed by atoms with E-state index < -0.39 is 23.6 Å². The first-order valence-corrected chi connectivity index (χ1v) is 10.6. The Morgan fingerprint density at radius 1 is 0.943 bits per heavy atom. The molecule has 0 saturated heterocycles. The van der Waals surface area contributed by atoms with Gasteiger partial charge in [0.05, 0.1) is 22.5 Å². The summed E-state index contributed by atoms with van der Waals surface area (Å²) in [5, 5.41) is 5.07. The SMILES string of the molecule is O=C(CCN1C(=O)COc2ccccc21)Nc1ccccc1C(=O)Nc1cccc(C(F)(F)F)c1. The van der Waals surface area contributed by atoms with E-state index in [9.17, 15) is 27.6 Å². The van der Waals surface area contributed by atoms with Gasteiger partial charge in [-0.25, -0.2) is 0 Å². The molecular formula is C25H20F3N3O4. The van der Waals surface area contributed by atoms with E-state index in [2.05, 4.69) is 10.6 Å². The van der Waals surface area contributed by atoms with Gasteiger partial charge in [0.25, 0.3) is 11.8 Å². The number of alkyl halides is 3. The molecule has 0 unspecified atom stereocenters. The van der Waals surface area contributed by atoms with Crippen LogP contribution in [-0.2, 0) is 15.8 Å². The van der Waals surface area contributed by atoms with Crippen LogP contribution in [0.25, 0.3) is 0 Å². The second kappa shape index (κ2) is 9.88. The molecule has 0 atom stereocenters. The van der Waals surface area contributed by atoms with Gasteiger partial charge in [0.2, 0.25) is 5.91 Å². The number of fused-ring (bicyclic) bond motifs is 1. The van der Waals surface area contributed by atoms with Gasteiger partial charge in [-0.15, -0.1) is 0 Å². The summed E-state index contributed by atoms with van der Waals surface area (Å²) in [5.74, 6) is -0.861. The summed E-state index contributed by atoms with van der Waals surface area (Å²) < 4.78 is 44.3. The number of hydrogen-bond acceptors (Lipinski definition) is 4. The van der Waals surface area contributed by atoms with Crippen molar-refractivity contribution in [3.8, 4) is 5.75 Å². The number of ether oxygens (including phenoxy) is 1. The predicted molar refractivity (Wildman–Crippen MR) is 123 cm³/mol. The van der Waals surface area contributed by atoms with Crippen LogP contribution in [0.1, 0.15) is 22.3 Å². The highest BCUT2D eigenvalue weighted by Crippen LogP contribution is 2.32. The van der Waals surface area contributed by atoms with Crippen molar-refractivity contribution in [2.45, 2.75) is 12.6 Å². The summed E-state index contributed by atoms with van der Waals surface area (Å²) in [5.41, 5.74) is -0.0919. The van der Waals surface area contributed by atoms with Crippen molar-refractivity contribution in [3.05, 3.63) is 83.9 Å². The van der Waals surface area contributed by atoms with E-state index in [1.807, 2.05) is 0 Å². The maximum Gasteiger partial charge on any atom is 0.416 e. The summed E-state index contributed by atoms with van der Waals surface area (Å²) in [7, 11) is 0. The number of carbonyl (C=O) groups is 3. The van der Waals surface area contributed by atoms with E-state index in [1.165, 1.54) is 29.2 Å². The van der Waals surface area contributed by atoms with E-state index in [0.29, 0.717) is 11.4 Å². The number of benzene rings is 3. The van der Waals surface area contributed by atoms with Crippen LogP contribution in [0.3, 0.4) is 0 Å². The van der Waals surface area contributed by atoms with Gasteiger partial charge >= 0.3 is 6.18 Å². The molecule has 7 nitrogen and oxygen atoms in total. The summed E-state index contributed by atoms with van der Waals surface area (Å²) in [6.07, 6.45) is -4.60. The molecule has 0 bridgehead atoms. The second-order valence-corrected chi connectivity index (χ2v) is 7.68. The molecule has 4 rings (SSSR count). The number of rotatable bonds is 6. The Morgan fingerprint density at radius 2 is 1.69 bits per heavy atom. The van der Waals surface area contributed by atoms with Gasteiger partial charge in [0.15, 0.2) is 6.61 Å². The van der Waals surface area contributed by atoms with Crippen LogP contribution in [0, 0.1) is 0 Å². The minimum absolute atomic E-state index is 0.0320. The summed E-state index contributed by atoms with van der Waals surface area (Å²) in [4.78, 5) is 39.1. The van der Waals surface area contributed by atoms with E-state index in [4.69, 9.17) is 4.74 Å². The smallest absolute Gasteiger partial charge is 0.416 e. The Balaban J connectivity index is 1.43. The Labute approximate surface area is 198 Å². The molecule has 0 spiro atoms. The lowest BCUT2D eigenvalue weighted by molar-refractivity contribution is -0.137. The molecule has 180 valence electrons. The molecule has 2 N–H and O–H groups in total. The third-order valence-electron chi connectivity index (χ3n) is 5.26. The number of carbonyl (C=O) groups excluding carboxylic acids is 3. The number of halogens is 3. The van der Waals surface area contributed by atoms with Crippen molar-refractivity contribution in [2.75, 3.05) is 28.7 Å². The molecule has 0 saturated carbocycles. The molecule has 35 heavy (non-hydrogen) atoms. The van der Waals surface area contributed by atoms with Crippen LogP contribution in [-0.4, -0.2) is 30.9 Å². The normalized spacial score (nSPS) is 13.0. The zero-order valence-electron chi connectivity index (χ0n) is 18.3. The molecule has 0 aromatic heterocycles. The van der Waals surface area contributed by atoms with E-state index in [-0.39, 0.29) is 42.4 Å². The Hall–Kier alpha value is -4.34. The fraction of sp³-hybridized carbons (Fsp3) is 0.160. The van der Waals surface area contributed by atoms with Gasteiger partial charge < -0.3 is 20.3 Å². The van der Waals surface area contributed by atoms with Gasteiger partial charge in [0, 0.05) is 18.7 Å². The van der Waals surface area contributed by atoms with Crippen molar-refractivity contribution in [3.63, 3.8) is 0 Å². The van der Waals surface area contributed by atoms with E-state index in [0.717, 1.165) is 12.1 Å². The van der Waals surface area contributed by atoms with Crippen LogP contribution >= 0.6 is 0 Å². The van der Waals surface area contributed by atoms with Gasteiger partial charge in [-0.1, -0.05) is 30.3 Å². The molecule has 1 heterocycles. The van der Waals surface area contributed by atoms with Crippen LogP contribution < -0.4 is 20.3 Å². The van der Waals surface area contributed by atoms with Gasteiger partial charge in [-0.05, 0) is 42.5 Å². The Bertz CT molecular complexity index is 1280. The standard InChI is InChI=1S/C25H20F3N3O4/c26-25(27,28)16-6-5-7-17(14-16)29-24(34)18-8-1-2-9-19(18)30-22(32)12-13-31-20-10-3-4-11-21(20)35-15-23(31)33/h1-11,14H,12-13,15H2,(H,29,34)(H,30,32). The topological polar surface area (TPSA) is 87.7 Å². The fourth-order valence-electron chi connectivity index (χ4n) is 3.59. The van der Waals surface area contributed by atoms with Crippen molar-refractivity contribution in [2.24, 2.45) is 0 Å². The lowest BCUT2D eigenvalue weighted by atomic mass is 10.1. The average Bonchev–Trinajstić information content (AvgIpc) is 2.83. The van der Waals surface area contributed by atoms with E-state index in [1.54, 1.807) is 36.4 Å². The van der Waals surface area contributed by atoms with Crippen molar-refractivity contribution >= 4 is 34.8 Å². The summed E-state index contributed by atoms with van der Waals surface area (Å²) in [6, 6.07) is 17.4. The molecule has 1 aliphatic heterocycles. The predicted octanol–water partition coefficient (Wildman–Crippen LogP) is 4.71. The number of nitrogens with one attached hydrogen (secondary N) is 2. The third-order valence-corrected chi connectivity index (χ3v) is 5.26. The zero-order chi connectivity index (χ0) is 25.0. The minimum atomic E-state index is -4.55. The molecule has 1 aliphatic rings. The first-order chi connectivity index (χ1) is 16.7. The summed E-state index contributed by atoms with van der Waals surface area (Å²) >= 11 is 0. The zero-order valence-corrected chi connectivity index (χ0v) is 18.3. The number of hydrogen-bond donors (Lipinski definition) is 2. The molecule has 3 amide bonds. The number of nitrogens with zero attached hydrogens (tertiary/aromatic N) is 1. The quantitative estimate of drug-likeness (QED) is 0.532. The van der Waals surface area contributed by atoms with Gasteiger partial charge in [-0.2, -0.15) is 13.2 Å². The maximum atomic E-state index is 13.0. The molecule has 0 radical (unpaired) electrons. The van der Waals surface area contributed by atoms with Crippen LogP contribution in [0.4, 0.5) is 30.2 Å². The third kappa shape index (κ3) is 5.60. The number of para-hydroxylation sites is 3. The van der Waals surface area contributed by atoms with Crippen molar-refractivity contribution in [1.82, 2.24) is 0 Å². The van der Waals surface area contributed by atoms with Gasteiger partial charge in [0.1, 0.15) is 5.75 Å². The monoisotopic (exact) mass is 483 g/mol. The van der Waals surface area contributed by atoms with Crippen LogP contribution in [0.5, 0.6) is 5.75 Å². The number of amides is 3. The molecule has 3 aromatic rings. The highest BCUT2D eigenvalue weighted by Gasteiger charge is 2.30. The van der Waals surface area contributed by atoms with Gasteiger partial charge in [-0.3, -0.25) is 14.4 Å². The first kappa shape index (κ1) is 23.8.